The van der Waals surface area contributed by atoms with Crippen molar-refractivity contribution in [3.63, 3.8) is 0 Å². The van der Waals surface area contributed by atoms with Crippen LogP contribution in [0.3, 0.4) is 0 Å². The molecule has 0 N–H and O–H groups in total. The average molecular weight is 276 g/mol. The maximum atomic E-state index is 4.74. The second kappa shape index (κ2) is 6.47. The first-order chi connectivity index (χ1) is 9.17. The Hall–Kier alpha value is -0.960. The van der Waals surface area contributed by atoms with Crippen LogP contribution in [0.4, 0.5) is 0 Å². The number of fused-ring (bicyclic) bond motifs is 1. The Morgan fingerprint density at radius 3 is 2.68 bits per heavy atom. The van der Waals surface area contributed by atoms with E-state index in [0.717, 1.165) is 17.9 Å². The van der Waals surface area contributed by atoms with Gasteiger partial charge in [0.25, 0.3) is 0 Å². The van der Waals surface area contributed by atoms with Crippen LogP contribution in [0.2, 0.25) is 0 Å². The fraction of sp³-hybridized carbons (Fsp3) is 0.562. The third kappa shape index (κ3) is 3.14. The summed E-state index contributed by atoms with van der Waals surface area (Å²) < 4.78 is 2.34. The Labute approximate surface area is 121 Å². The van der Waals surface area contributed by atoms with Gasteiger partial charge in [-0.3, -0.25) is 0 Å². The van der Waals surface area contributed by atoms with Crippen LogP contribution in [0, 0.1) is 0 Å². The molecule has 0 amide bonds. The molecule has 0 radical (unpaired) electrons. The fourth-order valence-corrected chi connectivity index (χ4v) is 2.69. The van der Waals surface area contributed by atoms with Crippen LogP contribution in [-0.4, -0.2) is 9.55 Å². The normalized spacial score (nSPS) is 11.6. The summed E-state index contributed by atoms with van der Waals surface area (Å²) in [6.07, 6.45) is 3.74. The Morgan fingerprint density at radius 2 is 2.05 bits per heavy atom. The molecule has 0 unspecified atom stereocenters. The van der Waals surface area contributed by atoms with E-state index in [1.54, 1.807) is 0 Å². The first kappa shape index (κ1) is 14.4. The van der Waals surface area contributed by atoms with Gasteiger partial charge in [0.15, 0.2) is 0 Å². The van der Waals surface area contributed by atoms with Gasteiger partial charge >= 0.3 is 0 Å². The maximum Gasteiger partial charge on any atom is 0.119 e. The zero-order valence-electron chi connectivity index (χ0n) is 12.2. The molecular weight excluding hydrogens is 252 g/mol. The molecule has 1 heterocycles. The lowest BCUT2D eigenvalue weighted by Gasteiger charge is -2.08. The molecule has 1 aromatic heterocycles. The number of hydrogen-bond acceptors (Lipinski definition) is 2. The van der Waals surface area contributed by atoms with Gasteiger partial charge < -0.3 is 4.57 Å². The Kier molecular flexibility index (Phi) is 4.92. The van der Waals surface area contributed by atoms with Crippen molar-refractivity contribution in [1.82, 2.24) is 9.55 Å². The molecule has 2 rings (SSSR count). The minimum Gasteiger partial charge on any atom is -0.327 e. The van der Waals surface area contributed by atoms with Gasteiger partial charge in [-0.15, -0.1) is 0 Å². The molecule has 0 aliphatic carbocycles. The van der Waals surface area contributed by atoms with E-state index in [4.69, 9.17) is 4.98 Å². The zero-order chi connectivity index (χ0) is 13.8. The van der Waals surface area contributed by atoms with Gasteiger partial charge in [0, 0.05) is 12.3 Å². The average Bonchev–Trinajstić information content (AvgIpc) is 2.76. The molecule has 104 valence electrons. The molecule has 3 heteroatoms. The summed E-state index contributed by atoms with van der Waals surface area (Å²) in [5.41, 5.74) is 3.73. The molecule has 0 atom stereocenters. The van der Waals surface area contributed by atoms with E-state index in [0.29, 0.717) is 11.7 Å². The third-order valence-electron chi connectivity index (χ3n) is 3.64. The second-order valence-corrected chi connectivity index (χ2v) is 5.76. The van der Waals surface area contributed by atoms with E-state index in [2.05, 4.69) is 56.2 Å². The van der Waals surface area contributed by atoms with Crippen molar-refractivity contribution in [1.29, 1.82) is 0 Å². The summed E-state index contributed by atoms with van der Waals surface area (Å²) in [5.74, 6) is 2.35. The SMILES string of the molecule is CCCCCn1c(CS)nc2cc(C(C)C)ccc21. The number of benzene rings is 1. The van der Waals surface area contributed by atoms with E-state index in [-0.39, 0.29) is 0 Å². The van der Waals surface area contributed by atoms with Crippen LogP contribution in [-0.2, 0) is 12.3 Å². The summed E-state index contributed by atoms with van der Waals surface area (Å²) >= 11 is 4.42. The molecule has 0 aliphatic heterocycles. The second-order valence-electron chi connectivity index (χ2n) is 5.45. The minimum atomic E-state index is 0.550. The van der Waals surface area contributed by atoms with Crippen molar-refractivity contribution in [3.8, 4) is 0 Å². The predicted molar refractivity (Wildman–Crippen MR) is 86.0 cm³/mol. The maximum absolute atomic E-state index is 4.74. The highest BCUT2D eigenvalue weighted by Crippen LogP contribution is 2.23. The topological polar surface area (TPSA) is 17.8 Å². The molecule has 19 heavy (non-hydrogen) atoms. The van der Waals surface area contributed by atoms with Crippen LogP contribution in [0.15, 0.2) is 18.2 Å². The first-order valence-electron chi connectivity index (χ1n) is 7.27. The molecule has 1 aromatic carbocycles. The van der Waals surface area contributed by atoms with E-state index in [1.165, 1.54) is 30.3 Å². The van der Waals surface area contributed by atoms with E-state index >= 15 is 0 Å². The number of aryl methyl sites for hydroxylation is 1. The van der Waals surface area contributed by atoms with Gasteiger partial charge in [0.1, 0.15) is 5.82 Å². The van der Waals surface area contributed by atoms with Gasteiger partial charge in [-0.05, 0) is 30.0 Å². The third-order valence-corrected chi connectivity index (χ3v) is 3.93. The smallest absolute Gasteiger partial charge is 0.119 e. The van der Waals surface area contributed by atoms with Crippen LogP contribution >= 0.6 is 12.6 Å². The van der Waals surface area contributed by atoms with Crippen LogP contribution < -0.4 is 0 Å². The number of rotatable bonds is 6. The predicted octanol–water partition coefficient (Wildman–Crippen LogP) is 4.78. The lowest BCUT2D eigenvalue weighted by atomic mass is 10.0. The number of imidazole rings is 1. The van der Waals surface area contributed by atoms with Crippen molar-refractivity contribution in [2.45, 2.75) is 58.2 Å². The summed E-state index contributed by atoms with van der Waals surface area (Å²) in [5, 5.41) is 0. The number of nitrogens with zero attached hydrogens (tertiary/aromatic N) is 2. The van der Waals surface area contributed by atoms with E-state index in [9.17, 15) is 0 Å². The monoisotopic (exact) mass is 276 g/mol. The molecule has 0 saturated carbocycles. The quantitative estimate of drug-likeness (QED) is 0.594. The molecule has 2 nitrogen and oxygen atoms in total. The lowest BCUT2D eigenvalue weighted by Crippen LogP contribution is -2.02. The van der Waals surface area contributed by atoms with E-state index < -0.39 is 0 Å². The Morgan fingerprint density at radius 1 is 1.26 bits per heavy atom. The van der Waals surface area contributed by atoms with Gasteiger partial charge in [-0.25, -0.2) is 4.98 Å². The van der Waals surface area contributed by atoms with Crippen LogP contribution in [0.25, 0.3) is 11.0 Å². The minimum absolute atomic E-state index is 0.550. The van der Waals surface area contributed by atoms with Crippen molar-refractivity contribution >= 4 is 23.7 Å². The highest BCUT2D eigenvalue weighted by Gasteiger charge is 2.10. The van der Waals surface area contributed by atoms with Gasteiger partial charge in [-0.2, -0.15) is 12.6 Å². The summed E-state index contributed by atoms with van der Waals surface area (Å²) in [6.45, 7) is 7.74. The largest absolute Gasteiger partial charge is 0.327 e. The number of thiol groups is 1. The Balaban J connectivity index is 2.38. The van der Waals surface area contributed by atoms with Crippen molar-refractivity contribution in [3.05, 3.63) is 29.6 Å². The highest BCUT2D eigenvalue weighted by molar-refractivity contribution is 7.79. The standard InChI is InChI=1S/C16H24N2S/c1-4-5-6-9-18-15-8-7-13(12(2)3)10-14(15)17-16(18)11-19/h7-8,10,12,19H,4-6,9,11H2,1-3H3. The Bertz CT molecular complexity index is 543. The number of hydrogen-bond donors (Lipinski definition) is 1. The molecular formula is C16H24N2S. The van der Waals surface area contributed by atoms with Crippen molar-refractivity contribution in [2.75, 3.05) is 0 Å². The number of unbranched alkanes of at least 4 members (excludes halogenated alkanes) is 2. The molecule has 0 saturated heterocycles. The molecule has 0 aliphatic rings. The van der Waals surface area contributed by atoms with Crippen LogP contribution in [0.1, 0.15) is 57.3 Å². The lowest BCUT2D eigenvalue weighted by molar-refractivity contribution is 0.600. The van der Waals surface area contributed by atoms with Gasteiger partial charge in [0.2, 0.25) is 0 Å². The van der Waals surface area contributed by atoms with Crippen molar-refractivity contribution < 1.29 is 0 Å². The summed E-state index contributed by atoms with van der Waals surface area (Å²) in [6, 6.07) is 6.67. The molecule has 0 spiro atoms. The summed E-state index contributed by atoms with van der Waals surface area (Å²) in [7, 11) is 0. The fourth-order valence-electron chi connectivity index (χ4n) is 2.45. The van der Waals surface area contributed by atoms with E-state index in [1.807, 2.05) is 0 Å². The molecule has 2 aromatic rings. The van der Waals surface area contributed by atoms with Crippen LogP contribution in [0.5, 0.6) is 0 Å². The van der Waals surface area contributed by atoms with Gasteiger partial charge in [-0.1, -0.05) is 39.7 Å². The molecule has 0 fully saturated rings. The summed E-state index contributed by atoms with van der Waals surface area (Å²) in [4.78, 5) is 4.74. The molecule has 0 bridgehead atoms. The zero-order valence-corrected chi connectivity index (χ0v) is 13.1. The first-order valence-corrected chi connectivity index (χ1v) is 7.90. The van der Waals surface area contributed by atoms with Gasteiger partial charge in [0.05, 0.1) is 11.0 Å². The number of aromatic nitrogens is 2. The van der Waals surface area contributed by atoms with Crippen molar-refractivity contribution in [2.24, 2.45) is 0 Å². The highest BCUT2D eigenvalue weighted by atomic mass is 32.1.